The molecule has 0 saturated carbocycles. The quantitative estimate of drug-likeness (QED) is 0.748. The van der Waals surface area contributed by atoms with Gasteiger partial charge in [-0.2, -0.15) is 0 Å². The first-order valence-electron chi connectivity index (χ1n) is 6.73. The first-order chi connectivity index (χ1) is 10.8. The number of aliphatic hydroxyl groups excluding tert-OH is 1. The van der Waals surface area contributed by atoms with Crippen molar-refractivity contribution in [2.24, 2.45) is 0 Å². The van der Waals surface area contributed by atoms with Crippen LogP contribution in [-0.4, -0.2) is 41.7 Å². The lowest BCUT2D eigenvalue weighted by Gasteiger charge is -2.05. The van der Waals surface area contributed by atoms with Gasteiger partial charge in [0.05, 0.1) is 36.6 Å². The van der Waals surface area contributed by atoms with Crippen molar-refractivity contribution in [3.8, 4) is 11.6 Å². The SMILES string of the molecule is CCOc1ccc(-n2cc(C(O)c3cnccn3)nn2)cn1. The molecule has 3 heterocycles. The zero-order valence-corrected chi connectivity index (χ0v) is 11.9. The van der Waals surface area contributed by atoms with Crippen LogP contribution in [0.2, 0.25) is 0 Å². The van der Waals surface area contributed by atoms with Crippen molar-refractivity contribution in [1.82, 2.24) is 29.9 Å². The average Bonchev–Trinajstić information content (AvgIpc) is 3.06. The molecule has 112 valence electrons. The third kappa shape index (κ3) is 2.91. The number of hydrogen-bond acceptors (Lipinski definition) is 7. The minimum atomic E-state index is -0.974. The summed E-state index contributed by atoms with van der Waals surface area (Å²) in [6.07, 6.45) is 6.81. The van der Waals surface area contributed by atoms with Crippen molar-refractivity contribution in [2.75, 3.05) is 6.61 Å². The van der Waals surface area contributed by atoms with E-state index in [4.69, 9.17) is 4.74 Å². The van der Waals surface area contributed by atoms with Gasteiger partial charge in [0.25, 0.3) is 0 Å². The summed E-state index contributed by atoms with van der Waals surface area (Å²) in [6, 6.07) is 3.56. The van der Waals surface area contributed by atoms with Crippen LogP contribution in [0.4, 0.5) is 0 Å². The van der Waals surface area contributed by atoms with Crippen LogP contribution in [0.5, 0.6) is 5.88 Å². The third-order valence-corrected chi connectivity index (χ3v) is 2.93. The molecule has 0 aliphatic rings. The van der Waals surface area contributed by atoms with Gasteiger partial charge in [-0.1, -0.05) is 5.21 Å². The lowest BCUT2D eigenvalue weighted by molar-refractivity contribution is 0.209. The van der Waals surface area contributed by atoms with E-state index in [9.17, 15) is 5.11 Å². The molecule has 0 spiro atoms. The normalized spacial score (nSPS) is 12.1. The van der Waals surface area contributed by atoms with Crippen LogP contribution in [-0.2, 0) is 0 Å². The van der Waals surface area contributed by atoms with Gasteiger partial charge >= 0.3 is 0 Å². The standard InChI is InChI=1S/C14H14N6O2/c1-2-22-13-4-3-10(7-17-13)20-9-12(18-19-20)14(21)11-8-15-5-6-16-11/h3-9,14,21H,2H2,1H3. The van der Waals surface area contributed by atoms with Crippen molar-refractivity contribution in [1.29, 1.82) is 0 Å². The van der Waals surface area contributed by atoms with E-state index in [0.717, 1.165) is 0 Å². The molecule has 3 rings (SSSR count). The van der Waals surface area contributed by atoms with Crippen LogP contribution in [0, 0.1) is 0 Å². The lowest BCUT2D eigenvalue weighted by atomic mass is 10.2. The highest BCUT2D eigenvalue weighted by atomic mass is 16.5. The largest absolute Gasteiger partial charge is 0.478 e. The number of ether oxygens (including phenoxy) is 1. The Balaban J connectivity index is 1.81. The fraction of sp³-hybridized carbons (Fsp3) is 0.214. The fourth-order valence-electron chi connectivity index (χ4n) is 1.87. The molecule has 0 saturated heterocycles. The van der Waals surface area contributed by atoms with Crippen molar-refractivity contribution in [3.63, 3.8) is 0 Å². The molecule has 0 aliphatic heterocycles. The number of rotatable bonds is 5. The molecule has 3 aromatic rings. The van der Waals surface area contributed by atoms with Gasteiger partial charge in [-0.25, -0.2) is 9.67 Å². The summed E-state index contributed by atoms with van der Waals surface area (Å²) in [5.41, 5.74) is 1.52. The van der Waals surface area contributed by atoms with Crippen LogP contribution in [0.15, 0.2) is 43.1 Å². The zero-order chi connectivity index (χ0) is 15.4. The van der Waals surface area contributed by atoms with E-state index in [1.165, 1.54) is 17.1 Å². The van der Waals surface area contributed by atoms with Crippen molar-refractivity contribution in [2.45, 2.75) is 13.0 Å². The Bertz CT molecular complexity index is 729. The molecule has 0 bridgehead atoms. The molecule has 8 nitrogen and oxygen atoms in total. The molecule has 1 N–H and O–H groups in total. The topological polar surface area (TPSA) is 98.8 Å². The maximum absolute atomic E-state index is 10.2. The Morgan fingerprint density at radius 1 is 1.18 bits per heavy atom. The van der Waals surface area contributed by atoms with Crippen molar-refractivity contribution >= 4 is 0 Å². The average molecular weight is 298 g/mol. The second-order valence-corrected chi connectivity index (χ2v) is 4.41. The van der Waals surface area contributed by atoms with Crippen LogP contribution in [0.3, 0.4) is 0 Å². The highest BCUT2D eigenvalue weighted by Gasteiger charge is 2.16. The second-order valence-electron chi connectivity index (χ2n) is 4.41. The van der Waals surface area contributed by atoms with Crippen LogP contribution >= 0.6 is 0 Å². The molecule has 0 aromatic carbocycles. The minimum Gasteiger partial charge on any atom is -0.478 e. The lowest BCUT2D eigenvalue weighted by Crippen LogP contribution is -2.03. The number of nitrogens with zero attached hydrogens (tertiary/aromatic N) is 6. The predicted molar refractivity (Wildman–Crippen MR) is 76.4 cm³/mol. The second kappa shape index (κ2) is 6.27. The Morgan fingerprint density at radius 3 is 2.77 bits per heavy atom. The summed E-state index contributed by atoms with van der Waals surface area (Å²) in [7, 11) is 0. The van der Waals surface area contributed by atoms with Gasteiger partial charge in [-0.3, -0.25) is 9.97 Å². The maximum Gasteiger partial charge on any atom is 0.213 e. The van der Waals surface area contributed by atoms with Crippen molar-refractivity contribution in [3.05, 3.63) is 54.5 Å². The number of aromatic nitrogens is 6. The molecule has 0 amide bonds. The van der Waals surface area contributed by atoms with Gasteiger partial charge in [-0.15, -0.1) is 5.10 Å². The molecule has 1 unspecified atom stereocenters. The van der Waals surface area contributed by atoms with E-state index in [1.54, 1.807) is 24.7 Å². The van der Waals surface area contributed by atoms with Gasteiger partial charge in [0.2, 0.25) is 5.88 Å². The summed E-state index contributed by atoms with van der Waals surface area (Å²) >= 11 is 0. The molecule has 1 atom stereocenters. The molecule has 0 radical (unpaired) electrons. The summed E-state index contributed by atoms with van der Waals surface area (Å²) in [5, 5.41) is 18.2. The smallest absolute Gasteiger partial charge is 0.213 e. The van der Waals surface area contributed by atoms with E-state index in [1.807, 2.05) is 13.0 Å². The third-order valence-electron chi connectivity index (χ3n) is 2.93. The fourth-order valence-corrected chi connectivity index (χ4v) is 1.87. The monoisotopic (exact) mass is 298 g/mol. The molecular formula is C14H14N6O2. The van der Waals surface area contributed by atoms with Crippen LogP contribution in [0.1, 0.15) is 24.4 Å². The first kappa shape index (κ1) is 14.1. The number of pyridine rings is 1. The number of aliphatic hydroxyl groups is 1. The van der Waals surface area contributed by atoms with Gasteiger partial charge in [0, 0.05) is 18.5 Å². The zero-order valence-electron chi connectivity index (χ0n) is 11.9. The Morgan fingerprint density at radius 2 is 2.09 bits per heavy atom. The molecule has 0 aliphatic carbocycles. The van der Waals surface area contributed by atoms with Gasteiger partial charge in [0.1, 0.15) is 11.8 Å². The van der Waals surface area contributed by atoms with E-state index in [0.29, 0.717) is 29.6 Å². The van der Waals surface area contributed by atoms with E-state index in [-0.39, 0.29) is 0 Å². The summed E-state index contributed by atoms with van der Waals surface area (Å²) in [6.45, 7) is 2.46. The van der Waals surface area contributed by atoms with Gasteiger partial charge in [0.15, 0.2) is 0 Å². The van der Waals surface area contributed by atoms with Crippen molar-refractivity contribution < 1.29 is 9.84 Å². The van der Waals surface area contributed by atoms with E-state index < -0.39 is 6.10 Å². The highest BCUT2D eigenvalue weighted by molar-refractivity contribution is 5.31. The molecule has 3 aromatic heterocycles. The van der Waals surface area contributed by atoms with E-state index >= 15 is 0 Å². The predicted octanol–water partition coefficient (Wildman–Crippen LogP) is 0.933. The summed E-state index contributed by atoms with van der Waals surface area (Å²) < 4.78 is 6.81. The Labute approximate surface area is 126 Å². The molecule has 22 heavy (non-hydrogen) atoms. The molecule has 0 fully saturated rings. The Hall–Kier alpha value is -2.87. The number of hydrogen-bond donors (Lipinski definition) is 1. The minimum absolute atomic E-state index is 0.384. The van der Waals surface area contributed by atoms with Gasteiger partial charge in [-0.05, 0) is 13.0 Å². The first-order valence-corrected chi connectivity index (χ1v) is 6.73. The van der Waals surface area contributed by atoms with Crippen LogP contribution < -0.4 is 4.74 Å². The van der Waals surface area contributed by atoms with Gasteiger partial charge < -0.3 is 9.84 Å². The van der Waals surface area contributed by atoms with Crippen LogP contribution in [0.25, 0.3) is 5.69 Å². The molecular weight excluding hydrogens is 284 g/mol. The maximum atomic E-state index is 10.2. The summed E-state index contributed by atoms with van der Waals surface area (Å²) in [4.78, 5) is 12.1. The molecule has 8 heteroatoms. The Kier molecular flexibility index (Phi) is 4.01. The highest BCUT2D eigenvalue weighted by Crippen LogP contribution is 2.18. The summed E-state index contributed by atoms with van der Waals surface area (Å²) in [5.74, 6) is 0.547. The van der Waals surface area contributed by atoms with E-state index in [2.05, 4.69) is 25.3 Å².